The largest absolute Gasteiger partial charge is 0.494 e. The summed E-state index contributed by atoms with van der Waals surface area (Å²) < 4.78 is 2.15. The Hall–Kier alpha value is -12.1. The number of amides is 8. The molecule has 12 aromatic rings. The van der Waals surface area contributed by atoms with Crippen LogP contribution in [-0.2, 0) is 49.7 Å². The van der Waals surface area contributed by atoms with Crippen LogP contribution in [0.4, 0.5) is 28.4 Å². The smallest absolute Gasteiger partial charge is 0.336 e. The number of aromatic amines is 1. The second-order valence-electron chi connectivity index (χ2n) is 30.0. The number of anilines is 5. The van der Waals surface area contributed by atoms with Crippen molar-refractivity contribution in [3.05, 3.63) is 306 Å². The molecule has 6 aliphatic rings. The summed E-state index contributed by atoms with van der Waals surface area (Å²) in [6.45, 7) is 1.84. The molecule has 0 unspecified atom stereocenters. The maximum atomic E-state index is 11.9. The number of hydrogen-bond donors (Lipinski definition) is 13. The van der Waals surface area contributed by atoms with Gasteiger partial charge in [0.15, 0.2) is 12.2 Å². The maximum absolute atomic E-state index is 11.9. The van der Waals surface area contributed by atoms with Crippen molar-refractivity contribution < 1.29 is 68.1 Å². The Kier molecular flexibility index (Phi) is 36.2. The van der Waals surface area contributed by atoms with Crippen LogP contribution in [0.15, 0.2) is 285 Å². The molecule has 5 aliphatic heterocycles. The van der Waals surface area contributed by atoms with E-state index < -0.39 is 11.9 Å². The maximum Gasteiger partial charge on any atom is 0.336 e. The number of aromatic nitrogens is 1. The number of thiol groups is 1. The van der Waals surface area contributed by atoms with Crippen LogP contribution >= 0.6 is 98.2 Å². The Morgan fingerprint density at radius 1 is 0.458 bits per heavy atom. The van der Waals surface area contributed by atoms with E-state index >= 15 is 0 Å². The third-order valence-corrected chi connectivity index (χ3v) is 26.6. The van der Waals surface area contributed by atoms with Gasteiger partial charge in [0.05, 0.1) is 70.3 Å². The number of halogens is 2. The SMILES string of the molecule is CN(C)[C@@H]1CCCC[C@H]1N(C)C.O=C(O)c1ccccc1S.O=C1Cc2ccc(Br)cc2N1.O=C1Cc2ccc(I)cc2N1.O=C1Cc2ccc(Sc3ccccc3C(=O)O)cc2N1.[B]NC(=O)c1ccccc1Sc1ccc2c(C=O)c(O)[nH]c2c1.[B]NC(=O)c1ccccc1Sc1ccc2c(c1)NC(=O)C2.[B]NC(=O)c1ccccc1Sc1ccc2c(c1)NC(=O)C2=CC. The van der Waals surface area contributed by atoms with Crippen molar-refractivity contribution in [2.75, 3.05) is 54.8 Å². The standard InChI is InChI=1S/C17H13BN2O2S.C16H11BN2O3S.C15H11BN2O2S.C15H11NO3S.C10H22N2.C8H6BrNO.C8H6INO.C7H6O2S/c1-2-11-12-8-7-10(9-14(12)19-16(11)21)23-15-6-4-3-5-13(15)17(22)20-18;17-19-16(22)11-3-1-2-4-14(11)23-9-5-6-10-12(8-20)15(21)18-13(10)7-9;16-18-15(20)11-3-1-2-4-13(11)21-10-6-5-9-7-14(19)17-12(9)8-10;17-14-7-9-5-6-10(8-12(9)16-14)20-13-4-2-1-3-11(13)15(18)19;1-11(2)9-7-5-6-8-10(9)12(3)4;2*9-6-2-1-5-3-8(11)10-7(5)4-6;8-7(9)5-3-1-2-4-6(5)10/h2-9H,1H3,(H,19,21)(H,20,22);1-8,18,21H,(H,19,22);1-6,8H,7H2,(H,17,19)(H,18,20);1-6,8H,7H2,(H,16,17)(H,18,19);9-10H,5-8H2,1-4H3;2*1-2,4H,3H2,(H,10,11);1-4,10H,(H,8,9)/t;;;;9-,10-;;;/m....1.../s1. The van der Waals surface area contributed by atoms with E-state index in [1.54, 1.807) is 84.9 Å². The molecule has 2 atom stereocenters. The van der Waals surface area contributed by atoms with Crippen molar-refractivity contribution in [3.63, 3.8) is 0 Å². The lowest BCUT2D eigenvalue weighted by Crippen LogP contribution is -2.48. The highest BCUT2D eigenvalue weighted by molar-refractivity contribution is 14.1. The molecule has 0 bridgehead atoms. The quantitative estimate of drug-likeness (QED) is 0.0140. The van der Waals surface area contributed by atoms with Crippen LogP contribution < -0.4 is 42.3 Å². The fourth-order valence-electron chi connectivity index (χ4n) is 14.4. The molecule has 1 aromatic heterocycles. The molecule has 0 saturated heterocycles. The summed E-state index contributed by atoms with van der Waals surface area (Å²) in [4.78, 5) is 139. The van der Waals surface area contributed by atoms with E-state index in [0.717, 1.165) is 111 Å². The molecule has 1 fully saturated rings. The van der Waals surface area contributed by atoms with Crippen LogP contribution in [0.5, 0.6) is 5.88 Å². The first-order valence-electron chi connectivity index (χ1n) is 40.6. The van der Waals surface area contributed by atoms with Crippen molar-refractivity contribution in [2.45, 2.75) is 114 Å². The number of carboxylic acid groups (broad SMARTS) is 2. The molecule has 12 N–H and O–H groups in total. The monoisotopic (exact) mass is 2020 g/mol. The number of aromatic hydroxyl groups is 1. The Morgan fingerprint density at radius 2 is 0.817 bits per heavy atom. The number of carbonyl (C=O) groups excluding carboxylic acids is 9. The van der Waals surface area contributed by atoms with Gasteiger partial charge < -0.3 is 72.4 Å². The Labute approximate surface area is 805 Å². The summed E-state index contributed by atoms with van der Waals surface area (Å²) >= 11 is 15.2. The van der Waals surface area contributed by atoms with E-state index in [9.17, 15) is 57.8 Å². The summed E-state index contributed by atoms with van der Waals surface area (Å²) in [5.41, 5.74) is 13.0. The molecule has 18 rings (SSSR count). The average Bonchev–Trinajstić information content (AvgIpc) is 1.66. The average molecular weight is 2020 g/mol. The summed E-state index contributed by atoms with van der Waals surface area (Å²) in [6.07, 6.45) is 9.86. The van der Waals surface area contributed by atoms with Gasteiger partial charge in [-0.1, -0.05) is 179 Å². The number of fused-ring (bicyclic) bond motifs is 6. The number of benzene rings is 11. The third kappa shape index (κ3) is 27.1. The van der Waals surface area contributed by atoms with E-state index in [0.29, 0.717) is 74.9 Å². The summed E-state index contributed by atoms with van der Waals surface area (Å²) in [7, 11) is 24.4. The topological polar surface area (TPSA) is 367 Å². The second-order valence-corrected chi connectivity index (χ2v) is 37.1. The van der Waals surface area contributed by atoms with Crippen molar-refractivity contribution in [1.82, 2.24) is 30.5 Å². The van der Waals surface area contributed by atoms with Gasteiger partial charge in [-0.25, -0.2) is 9.59 Å². The highest BCUT2D eigenvalue weighted by atomic mass is 127. The number of allylic oxidation sites excluding steroid dienone is 1. The molecule has 0 spiro atoms. The number of rotatable bonds is 16. The fourth-order valence-corrected chi connectivity index (χ4v) is 19.5. The van der Waals surface area contributed by atoms with Crippen LogP contribution in [0.1, 0.15) is 123 Å². The zero-order chi connectivity index (χ0) is 94.1. The minimum absolute atomic E-state index is 0.00640. The van der Waals surface area contributed by atoms with Gasteiger partial charge in [0.25, 0.3) is 5.91 Å². The lowest BCUT2D eigenvalue weighted by Gasteiger charge is -2.39. The van der Waals surface area contributed by atoms with Crippen LogP contribution in [0.3, 0.4) is 0 Å². The van der Waals surface area contributed by atoms with Gasteiger partial charge in [-0.05, 0) is 226 Å². The number of carboxylic acids is 2. The normalized spacial score (nSPS) is 14.4. The van der Waals surface area contributed by atoms with Crippen molar-refractivity contribution in [3.8, 4) is 5.88 Å². The zero-order valence-electron chi connectivity index (χ0n) is 71.2. The van der Waals surface area contributed by atoms with Gasteiger partial charge in [-0.2, -0.15) is 0 Å². The Morgan fingerprint density at radius 3 is 1.22 bits per heavy atom. The number of aldehydes is 1. The lowest BCUT2D eigenvalue weighted by atomic mass is 9.89. The minimum Gasteiger partial charge on any atom is -0.494 e. The van der Waals surface area contributed by atoms with Crippen LogP contribution in [0.2, 0.25) is 0 Å². The van der Waals surface area contributed by atoms with Crippen molar-refractivity contribution in [1.29, 1.82) is 0 Å². The summed E-state index contributed by atoms with van der Waals surface area (Å²) in [6, 6.07) is 71.0. The molecule has 1 saturated carbocycles. The number of likely N-dealkylation sites (N-methyl/N-ethyl adjacent to an activating group) is 2. The fraction of sp³-hybridized carbons (Fsp3) is 0.156. The Bertz CT molecular complexity index is 6310. The number of hydrogen-bond acceptors (Lipinski definition) is 19. The highest BCUT2D eigenvalue weighted by Crippen LogP contribution is 2.42. The zero-order valence-corrected chi connectivity index (χ0v) is 79.1. The molecule has 131 heavy (non-hydrogen) atoms. The molecule has 6 heterocycles. The van der Waals surface area contributed by atoms with Gasteiger partial charge in [0.2, 0.25) is 65.3 Å². The van der Waals surface area contributed by atoms with E-state index in [2.05, 4.69) is 136 Å². The van der Waals surface area contributed by atoms with Gasteiger partial charge in [-0.15, -0.1) is 12.6 Å². The predicted molar refractivity (Wildman–Crippen MR) is 533 cm³/mol. The highest BCUT2D eigenvalue weighted by Gasteiger charge is 2.30. The number of nitrogens with one attached hydrogen (secondary N) is 9. The van der Waals surface area contributed by atoms with E-state index in [1.165, 1.54) is 78.8 Å². The number of aromatic carboxylic acids is 2. The van der Waals surface area contributed by atoms with Crippen LogP contribution in [-0.4, -0.2) is 160 Å². The number of nitrogens with zero attached hydrogens (tertiary/aromatic N) is 2. The molecule has 6 radical (unpaired) electrons. The van der Waals surface area contributed by atoms with Gasteiger partial charge in [0.1, 0.15) is 0 Å². The van der Waals surface area contributed by atoms with E-state index in [1.807, 2.05) is 153 Å². The lowest BCUT2D eigenvalue weighted by molar-refractivity contribution is -0.115. The molecule has 11 aromatic carbocycles. The molecule has 35 heteroatoms. The van der Waals surface area contributed by atoms with Gasteiger partial charge in [-0.3, -0.25) is 43.2 Å². The van der Waals surface area contributed by atoms with Crippen LogP contribution in [0.25, 0.3) is 16.5 Å². The first-order valence-corrected chi connectivity index (χ1v) is 46.1. The molecule has 662 valence electrons. The molecular weight excluding hydrogens is 1930 g/mol. The summed E-state index contributed by atoms with van der Waals surface area (Å²) in [5.74, 6) is -2.97. The van der Waals surface area contributed by atoms with Crippen molar-refractivity contribution >= 4 is 233 Å². The van der Waals surface area contributed by atoms with Gasteiger partial charge in [0, 0.05) is 103 Å². The summed E-state index contributed by atoms with van der Waals surface area (Å²) in [5, 5.41) is 48.5. The number of carbonyl (C=O) groups is 11. The first-order chi connectivity index (χ1) is 62.9. The predicted octanol–water partition coefficient (Wildman–Crippen LogP) is 17.7. The van der Waals surface area contributed by atoms with E-state index in [-0.39, 0.29) is 69.8 Å². The van der Waals surface area contributed by atoms with Crippen molar-refractivity contribution in [2.24, 2.45) is 0 Å². The molecular formula is C96H86B3BrIN11O14S5. The first kappa shape index (κ1) is 99.5. The van der Waals surface area contributed by atoms with Gasteiger partial charge >= 0.3 is 11.9 Å². The molecule has 1 aliphatic carbocycles. The minimum atomic E-state index is -0.942. The van der Waals surface area contributed by atoms with E-state index in [4.69, 9.17) is 34.2 Å². The third-order valence-electron chi connectivity index (χ3n) is 20.7. The Balaban J connectivity index is 0.000000147. The molecule has 8 amide bonds. The second kappa shape index (κ2) is 47.7. The van der Waals surface area contributed by atoms with Crippen LogP contribution in [0, 0.1) is 3.57 Å². The number of H-pyrrole nitrogens is 1. The molecule has 25 nitrogen and oxygen atoms in total.